The number of halogens is 1. The Labute approximate surface area is 240 Å². The van der Waals surface area contributed by atoms with E-state index in [4.69, 9.17) is 16.3 Å². The number of anilines is 1. The minimum atomic E-state index is -0.239. The fourth-order valence-corrected chi connectivity index (χ4v) is 5.40. The van der Waals surface area contributed by atoms with Gasteiger partial charge in [-0.3, -0.25) is 9.69 Å². The molecule has 1 aromatic heterocycles. The predicted molar refractivity (Wildman–Crippen MR) is 162 cm³/mol. The maximum Gasteiger partial charge on any atom is 0.271 e. The molecule has 1 N–H and O–H groups in total. The Morgan fingerprint density at radius 3 is 2.45 bits per heavy atom. The van der Waals surface area contributed by atoms with Gasteiger partial charge in [-0.15, -0.1) is 0 Å². The summed E-state index contributed by atoms with van der Waals surface area (Å²) in [5.74, 6) is 0.673. The van der Waals surface area contributed by atoms with Gasteiger partial charge >= 0.3 is 0 Å². The average Bonchev–Trinajstić information content (AvgIpc) is 3.26. The summed E-state index contributed by atoms with van der Waals surface area (Å²) in [5, 5.41) is 4.90. The molecule has 2 heterocycles. The van der Waals surface area contributed by atoms with Crippen molar-refractivity contribution in [1.82, 2.24) is 14.9 Å². The van der Waals surface area contributed by atoms with Crippen molar-refractivity contribution in [3.63, 3.8) is 0 Å². The van der Waals surface area contributed by atoms with E-state index in [1.54, 1.807) is 13.3 Å². The van der Waals surface area contributed by atoms with Crippen LogP contribution < -0.4 is 15.1 Å². The highest BCUT2D eigenvalue weighted by Gasteiger charge is 2.19. The molecule has 4 aromatic rings. The first-order chi connectivity index (χ1) is 19.4. The zero-order valence-electron chi connectivity index (χ0n) is 23.1. The number of hydrogen-bond acceptors (Lipinski definition) is 5. The first-order valence-corrected chi connectivity index (χ1v) is 13.8. The molecule has 8 heteroatoms. The molecule has 7 nitrogen and oxygen atoms in total. The molecule has 0 saturated carbocycles. The maximum atomic E-state index is 12.7. The quantitative estimate of drug-likeness (QED) is 0.219. The number of nitrogens with zero attached hydrogens (tertiary/aromatic N) is 4. The van der Waals surface area contributed by atoms with Gasteiger partial charge in [0, 0.05) is 65.9 Å². The Kier molecular flexibility index (Phi) is 8.53. The van der Waals surface area contributed by atoms with E-state index in [1.165, 1.54) is 5.56 Å². The van der Waals surface area contributed by atoms with Gasteiger partial charge in [0.15, 0.2) is 0 Å². The van der Waals surface area contributed by atoms with Crippen molar-refractivity contribution in [2.75, 3.05) is 38.2 Å². The number of carbonyl (C=O) groups is 1. The fourth-order valence-electron chi connectivity index (χ4n) is 5.21. The number of hydrazone groups is 1. The van der Waals surface area contributed by atoms with Crippen molar-refractivity contribution in [3.8, 4) is 11.4 Å². The zero-order chi connectivity index (χ0) is 28.1. The van der Waals surface area contributed by atoms with E-state index in [1.807, 2.05) is 86.6 Å². The third-order valence-electron chi connectivity index (χ3n) is 7.33. The summed E-state index contributed by atoms with van der Waals surface area (Å²) >= 11 is 6.18. The number of benzene rings is 3. The molecule has 206 valence electrons. The van der Waals surface area contributed by atoms with Crippen LogP contribution in [-0.4, -0.2) is 54.9 Å². The smallest absolute Gasteiger partial charge is 0.271 e. The molecule has 1 fully saturated rings. The topological polar surface area (TPSA) is 62.1 Å². The highest BCUT2D eigenvalue weighted by Crippen LogP contribution is 2.28. The van der Waals surface area contributed by atoms with Gasteiger partial charge in [-0.1, -0.05) is 41.9 Å². The van der Waals surface area contributed by atoms with Gasteiger partial charge in [-0.05, 0) is 67.9 Å². The van der Waals surface area contributed by atoms with E-state index in [9.17, 15) is 4.79 Å². The van der Waals surface area contributed by atoms with Gasteiger partial charge in [0.25, 0.3) is 5.91 Å². The van der Waals surface area contributed by atoms with Gasteiger partial charge in [0.05, 0.1) is 19.0 Å². The van der Waals surface area contributed by atoms with E-state index in [2.05, 4.69) is 31.0 Å². The normalized spacial score (nSPS) is 14.1. The Bertz CT molecular complexity index is 1500. The highest BCUT2D eigenvalue weighted by atomic mass is 35.5. The number of amides is 1. The average molecular weight is 556 g/mol. The molecule has 5 rings (SSSR count). The van der Waals surface area contributed by atoms with Gasteiger partial charge < -0.3 is 14.2 Å². The van der Waals surface area contributed by atoms with Gasteiger partial charge in [0.2, 0.25) is 0 Å². The molecular weight excluding hydrogens is 522 g/mol. The Morgan fingerprint density at radius 2 is 1.73 bits per heavy atom. The Balaban J connectivity index is 1.14. The van der Waals surface area contributed by atoms with E-state index < -0.39 is 0 Å². The second kappa shape index (κ2) is 12.4. The summed E-state index contributed by atoms with van der Waals surface area (Å²) < 4.78 is 7.65. The highest BCUT2D eigenvalue weighted by molar-refractivity contribution is 6.30. The first kappa shape index (κ1) is 27.5. The number of carbonyl (C=O) groups excluding carboxylic acids is 1. The van der Waals surface area contributed by atoms with Crippen LogP contribution in [0.25, 0.3) is 5.69 Å². The summed E-state index contributed by atoms with van der Waals surface area (Å²) in [7, 11) is 1.72. The number of hydrogen-bond donors (Lipinski definition) is 1. The minimum absolute atomic E-state index is 0.239. The standard InChI is InChI=1S/C32H34ClN5O2/c1-23-19-27(24(2)38(23)29-8-6-7-28(33)20-29)21-34-35-32(39)26-13-11-25(12-14-26)22-36-15-17-37(18-16-36)30-9-4-5-10-31(30)40-3/h4-14,19-21H,15-18,22H2,1-3H3,(H,35,39)/b34-21-. The van der Waals surface area contributed by atoms with Crippen LogP contribution in [0.5, 0.6) is 5.75 Å². The lowest BCUT2D eigenvalue weighted by molar-refractivity contribution is 0.0955. The number of piperazine rings is 1. The second-order valence-corrected chi connectivity index (χ2v) is 10.4. The summed E-state index contributed by atoms with van der Waals surface area (Å²) in [6, 6.07) is 25.7. The SMILES string of the molecule is COc1ccccc1N1CCN(Cc2ccc(C(=O)N/N=C\c3cc(C)n(-c4cccc(Cl)c4)c3C)cc2)CC1. The summed E-state index contributed by atoms with van der Waals surface area (Å²) in [4.78, 5) is 17.5. The summed E-state index contributed by atoms with van der Waals surface area (Å²) in [6.07, 6.45) is 1.68. The van der Waals surface area contributed by atoms with Crippen molar-refractivity contribution in [2.45, 2.75) is 20.4 Å². The summed E-state index contributed by atoms with van der Waals surface area (Å²) in [6.45, 7) is 8.72. The van der Waals surface area contributed by atoms with Crippen LogP contribution in [0, 0.1) is 13.8 Å². The number of aromatic nitrogens is 1. The zero-order valence-corrected chi connectivity index (χ0v) is 23.9. The first-order valence-electron chi connectivity index (χ1n) is 13.4. The Hall–Kier alpha value is -4.07. The number of aryl methyl sites for hydroxylation is 1. The van der Waals surface area contributed by atoms with Gasteiger partial charge in [0.1, 0.15) is 5.75 Å². The van der Waals surface area contributed by atoms with Crippen molar-refractivity contribution in [3.05, 3.63) is 112 Å². The van der Waals surface area contributed by atoms with Crippen LogP contribution in [0.4, 0.5) is 5.69 Å². The van der Waals surface area contributed by atoms with Crippen LogP contribution in [0.15, 0.2) is 84.0 Å². The molecule has 40 heavy (non-hydrogen) atoms. The van der Waals surface area contributed by atoms with Gasteiger partial charge in [-0.2, -0.15) is 5.10 Å². The molecule has 1 aliphatic rings. The molecule has 1 aliphatic heterocycles. The van der Waals surface area contributed by atoms with Crippen LogP contribution in [0.1, 0.15) is 32.9 Å². The largest absolute Gasteiger partial charge is 0.495 e. The molecule has 1 amide bonds. The minimum Gasteiger partial charge on any atom is -0.495 e. The molecule has 0 bridgehead atoms. The van der Waals surface area contributed by atoms with Crippen molar-refractivity contribution in [1.29, 1.82) is 0 Å². The third kappa shape index (κ3) is 6.22. The molecule has 1 saturated heterocycles. The predicted octanol–water partition coefficient (Wildman–Crippen LogP) is 5.84. The lowest BCUT2D eigenvalue weighted by Gasteiger charge is -2.36. The molecule has 0 spiro atoms. The van der Waals surface area contributed by atoms with Crippen molar-refractivity contribution >= 4 is 29.4 Å². The maximum absolute atomic E-state index is 12.7. The van der Waals surface area contributed by atoms with Crippen LogP contribution in [0.2, 0.25) is 5.02 Å². The van der Waals surface area contributed by atoms with E-state index in [0.717, 1.165) is 66.8 Å². The van der Waals surface area contributed by atoms with E-state index >= 15 is 0 Å². The van der Waals surface area contributed by atoms with Gasteiger partial charge in [-0.25, -0.2) is 5.43 Å². The number of ether oxygens (including phenoxy) is 1. The fraction of sp³-hybridized carbons (Fsp3) is 0.250. The van der Waals surface area contributed by atoms with Crippen LogP contribution >= 0.6 is 11.6 Å². The molecule has 0 radical (unpaired) electrons. The number of rotatable bonds is 8. The monoisotopic (exact) mass is 555 g/mol. The van der Waals surface area contributed by atoms with E-state index in [0.29, 0.717) is 10.6 Å². The third-order valence-corrected chi connectivity index (χ3v) is 7.56. The molecule has 0 atom stereocenters. The van der Waals surface area contributed by atoms with E-state index in [-0.39, 0.29) is 5.91 Å². The lowest BCUT2D eigenvalue weighted by atomic mass is 10.1. The number of para-hydroxylation sites is 2. The van der Waals surface area contributed by atoms with Crippen molar-refractivity contribution in [2.24, 2.45) is 5.10 Å². The molecular formula is C32H34ClN5O2. The van der Waals surface area contributed by atoms with Crippen LogP contribution in [0.3, 0.4) is 0 Å². The molecule has 3 aromatic carbocycles. The number of methoxy groups -OCH3 is 1. The molecule has 0 aliphatic carbocycles. The second-order valence-electron chi connectivity index (χ2n) is 9.97. The van der Waals surface area contributed by atoms with Crippen molar-refractivity contribution < 1.29 is 9.53 Å². The molecule has 0 unspecified atom stereocenters. The number of nitrogens with one attached hydrogen (secondary N) is 1. The van der Waals surface area contributed by atoms with Crippen LogP contribution in [-0.2, 0) is 6.54 Å². The summed E-state index contributed by atoms with van der Waals surface area (Å²) in [5.41, 5.74) is 9.56. The lowest BCUT2D eigenvalue weighted by Crippen LogP contribution is -2.46. The Morgan fingerprint density at radius 1 is 0.975 bits per heavy atom.